The van der Waals surface area contributed by atoms with Gasteiger partial charge in [0.2, 0.25) is 5.91 Å². The van der Waals surface area contributed by atoms with Crippen molar-refractivity contribution in [1.82, 2.24) is 4.98 Å². The Labute approximate surface area is 186 Å². The number of anilines is 2. The zero-order valence-corrected chi connectivity index (χ0v) is 18.0. The molecule has 168 valence electrons. The second-order valence-electron chi connectivity index (χ2n) is 6.67. The summed E-state index contributed by atoms with van der Waals surface area (Å²) in [5, 5.41) is 1.75. The van der Waals surface area contributed by atoms with Gasteiger partial charge >= 0.3 is 12.1 Å². The van der Waals surface area contributed by atoms with Crippen molar-refractivity contribution in [2.24, 2.45) is 0 Å². The van der Waals surface area contributed by atoms with Gasteiger partial charge in [-0.25, -0.2) is 4.98 Å². The molecule has 0 radical (unpaired) electrons. The molecule has 0 bridgehead atoms. The van der Waals surface area contributed by atoms with E-state index in [0.717, 1.165) is 28.4 Å². The summed E-state index contributed by atoms with van der Waals surface area (Å²) in [5.41, 5.74) is 0.215. The Morgan fingerprint density at radius 2 is 1.88 bits per heavy atom. The van der Waals surface area contributed by atoms with Gasteiger partial charge in [0.25, 0.3) is 0 Å². The van der Waals surface area contributed by atoms with Crippen LogP contribution in [0.3, 0.4) is 0 Å². The number of aromatic nitrogens is 1. The van der Waals surface area contributed by atoms with E-state index in [-0.39, 0.29) is 23.8 Å². The number of alkyl halides is 3. The number of benzene rings is 2. The van der Waals surface area contributed by atoms with Crippen molar-refractivity contribution in [1.29, 1.82) is 0 Å². The second kappa shape index (κ2) is 9.82. The minimum Gasteiger partial charge on any atom is -0.496 e. The van der Waals surface area contributed by atoms with Gasteiger partial charge in [-0.15, -0.1) is 11.3 Å². The summed E-state index contributed by atoms with van der Waals surface area (Å²) in [6.07, 6.45) is -4.53. The third-order valence-corrected chi connectivity index (χ3v) is 5.26. The van der Waals surface area contributed by atoms with Gasteiger partial charge in [-0.2, -0.15) is 13.2 Å². The smallest absolute Gasteiger partial charge is 0.416 e. The van der Waals surface area contributed by atoms with Crippen molar-refractivity contribution >= 4 is 34.0 Å². The number of hydrogen-bond acceptors (Lipinski definition) is 6. The molecule has 0 spiro atoms. The fourth-order valence-electron chi connectivity index (χ4n) is 2.92. The van der Waals surface area contributed by atoms with Gasteiger partial charge in [0, 0.05) is 17.9 Å². The fraction of sp³-hybridized carbons (Fsp3) is 0.227. The van der Waals surface area contributed by atoms with E-state index in [1.807, 2.05) is 0 Å². The number of nitrogens with zero attached hydrogens (tertiary/aromatic N) is 2. The number of para-hydroxylation sites is 1. The molecule has 1 amide bonds. The minimum atomic E-state index is -4.54. The molecule has 1 aromatic heterocycles. The lowest BCUT2D eigenvalue weighted by atomic mass is 10.1. The van der Waals surface area contributed by atoms with Gasteiger partial charge in [0.05, 0.1) is 30.5 Å². The van der Waals surface area contributed by atoms with Gasteiger partial charge in [-0.05, 0) is 24.3 Å². The van der Waals surface area contributed by atoms with Crippen LogP contribution in [-0.2, 0) is 33.5 Å². The van der Waals surface area contributed by atoms with Gasteiger partial charge in [0.1, 0.15) is 12.4 Å². The molecule has 3 rings (SSSR count). The Hall–Kier alpha value is -3.40. The molecule has 6 nitrogen and oxygen atoms in total. The SMILES string of the molecule is COc1ccccc1CC(=O)OCc1csc(N(C(C)=O)c2cccc(C(F)(F)F)c2)n1. The molecule has 0 fully saturated rings. The maximum atomic E-state index is 13.0. The average molecular weight is 464 g/mol. The molecule has 0 saturated heterocycles. The number of ether oxygens (including phenoxy) is 2. The van der Waals surface area contributed by atoms with Crippen LogP contribution in [0.25, 0.3) is 0 Å². The first kappa shape index (κ1) is 23.3. The largest absolute Gasteiger partial charge is 0.496 e. The summed E-state index contributed by atoms with van der Waals surface area (Å²) in [6.45, 7) is 1.09. The van der Waals surface area contributed by atoms with Crippen molar-refractivity contribution in [2.75, 3.05) is 12.0 Å². The highest BCUT2D eigenvalue weighted by Gasteiger charge is 2.31. The maximum Gasteiger partial charge on any atom is 0.416 e. The summed E-state index contributed by atoms with van der Waals surface area (Å²) in [6, 6.07) is 11.5. The number of amides is 1. The third-order valence-electron chi connectivity index (χ3n) is 4.39. The molecule has 3 aromatic rings. The van der Waals surface area contributed by atoms with Crippen LogP contribution < -0.4 is 9.64 Å². The molecule has 2 aromatic carbocycles. The van der Waals surface area contributed by atoms with Crippen LogP contribution in [0.1, 0.15) is 23.7 Å². The second-order valence-corrected chi connectivity index (χ2v) is 7.51. The molecule has 32 heavy (non-hydrogen) atoms. The first-order valence-corrected chi connectivity index (χ1v) is 10.3. The number of thiazole rings is 1. The van der Waals surface area contributed by atoms with E-state index in [4.69, 9.17) is 9.47 Å². The Balaban J connectivity index is 1.71. The first-order valence-electron chi connectivity index (χ1n) is 9.39. The van der Waals surface area contributed by atoms with Gasteiger partial charge < -0.3 is 9.47 Å². The molecule has 0 aliphatic rings. The van der Waals surface area contributed by atoms with Crippen LogP contribution in [0.15, 0.2) is 53.9 Å². The Morgan fingerprint density at radius 3 is 2.56 bits per heavy atom. The lowest BCUT2D eigenvalue weighted by molar-refractivity contribution is -0.144. The van der Waals surface area contributed by atoms with Crippen LogP contribution in [0.2, 0.25) is 0 Å². The summed E-state index contributed by atoms with van der Waals surface area (Å²) < 4.78 is 49.6. The number of carbonyl (C=O) groups excluding carboxylic acids is 2. The molecule has 0 N–H and O–H groups in total. The maximum absolute atomic E-state index is 13.0. The molecule has 0 saturated carbocycles. The monoisotopic (exact) mass is 464 g/mol. The standard InChI is InChI=1S/C22H19F3N2O4S/c1-14(28)27(18-8-5-7-16(11-18)22(23,24)25)21-26-17(13-32-21)12-31-20(29)10-15-6-3-4-9-19(15)30-2/h3-9,11,13H,10,12H2,1-2H3. The Bertz CT molecular complexity index is 1110. The zero-order valence-electron chi connectivity index (χ0n) is 17.2. The van der Waals surface area contributed by atoms with Crippen molar-refractivity contribution < 1.29 is 32.2 Å². The molecule has 0 atom stereocenters. The minimum absolute atomic E-state index is 0.00477. The van der Waals surface area contributed by atoms with Crippen molar-refractivity contribution in [3.8, 4) is 5.75 Å². The first-order chi connectivity index (χ1) is 15.2. The van der Waals surface area contributed by atoms with E-state index in [1.165, 1.54) is 26.2 Å². The van der Waals surface area contributed by atoms with Crippen molar-refractivity contribution in [3.05, 3.63) is 70.7 Å². The lowest BCUT2D eigenvalue weighted by Gasteiger charge is -2.19. The topological polar surface area (TPSA) is 68.7 Å². The van der Waals surface area contributed by atoms with E-state index in [9.17, 15) is 22.8 Å². The van der Waals surface area contributed by atoms with Crippen LogP contribution >= 0.6 is 11.3 Å². The Kier molecular flexibility index (Phi) is 7.14. The van der Waals surface area contributed by atoms with E-state index in [1.54, 1.807) is 29.6 Å². The molecule has 0 aliphatic carbocycles. The average Bonchev–Trinajstić information content (AvgIpc) is 3.20. The van der Waals surface area contributed by atoms with Gasteiger partial charge in [-0.1, -0.05) is 24.3 Å². The quantitative estimate of drug-likeness (QED) is 0.453. The van der Waals surface area contributed by atoms with E-state index < -0.39 is 23.6 Å². The van der Waals surface area contributed by atoms with E-state index in [0.29, 0.717) is 17.0 Å². The molecule has 0 aliphatic heterocycles. The van der Waals surface area contributed by atoms with E-state index in [2.05, 4.69) is 4.98 Å². The predicted octanol–water partition coefficient (Wildman–Crippen LogP) is 5.14. The number of esters is 1. The highest BCUT2D eigenvalue weighted by Crippen LogP contribution is 2.35. The molecular formula is C22H19F3N2O4S. The molecule has 10 heteroatoms. The normalized spacial score (nSPS) is 11.2. The number of carbonyl (C=O) groups is 2. The number of hydrogen-bond donors (Lipinski definition) is 0. The Morgan fingerprint density at radius 1 is 1.12 bits per heavy atom. The number of halogens is 3. The van der Waals surface area contributed by atoms with Crippen molar-refractivity contribution in [2.45, 2.75) is 26.1 Å². The zero-order chi connectivity index (χ0) is 23.3. The van der Waals surface area contributed by atoms with Gasteiger partial charge in [0.15, 0.2) is 5.13 Å². The number of rotatable bonds is 7. The van der Waals surface area contributed by atoms with Crippen LogP contribution in [0.5, 0.6) is 5.75 Å². The lowest BCUT2D eigenvalue weighted by Crippen LogP contribution is -2.23. The highest BCUT2D eigenvalue weighted by atomic mass is 32.1. The predicted molar refractivity (Wildman–Crippen MR) is 113 cm³/mol. The summed E-state index contributed by atoms with van der Waals surface area (Å²) in [7, 11) is 1.51. The van der Waals surface area contributed by atoms with Crippen LogP contribution in [0, 0.1) is 0 Å². The summed E-state index contributed by atoms with van der Waals surface area (Å²) in [4.78, 5) is 29.7. The third kappa shape index (κ3) is 5.64. The molecule has 1 heterocycles. The highest BCUT2D eigenvalue weighted by molar-refractivity contribution is 7.14. The summed E-state index contributed by atoms with van der Waals surface area (Å²) in [5.74, 6) is -0.428. The van der Waals surface area contributed by atoms with Gasteiger partial charge in [-0.3, -0.25) is 14.5 Å². The molecule has 0 unspecified atom stereocenters. The van der Waals surface area contributed by atoms with E-state index >= 15 is 0 Å². The molecular weight excluding hydrogens is 445 g/mol. The van der Waals surface area contributed by atoms with Crippen molar-refractivity contribution in [3.63, 3.8) is 0 Å². The number of methoxy groups -OCH3 is 1. The van der Waals surface area contributed by atoms with Crippen LogP contribution in [0.4, 0.5) is 24.0 Å². The summed E-state index contributed by atoms with van der Waals surface area (Å²) >= 11 is 1.06. The van der Waals surface area contributed by atoms with Crippen LogP contribution in [-0.4, -0.2) is 24.0 Å². The fourth-order valence-corrected chi connectivity index (χ4v) is 3.80.